The number of anilines is 1. The van der Waals surface area contributed by atoms with Gasteiger partial charge in [-0.2, -0.15) is 4.31 Å². The molecule has 11 heteroatoms. The lowest BCUT2D eigenvalue weighted by atomic mass is 10.0. The Labute approximate surface area is 220 Å². The van der Waals surface area contributed by atoms with Gasteiger partial charge in [-0.15, -0.1) is 0 Å². The van der Waals surface area contributed by atoms with Gasteiger partial charge in [-0.1, -0.05) is 37.3 Å². The summed E-state index contributed by atoms with van der Waals surface area (Å²) in [6.45, 7) is 10.8. The third kappa shape index (κ3) is 4.78. The molecule has 0 spiro atoms. The highest BCUT2D eigenvalue weighted by molar-refractivity contribution is 7.89. The van der Waals surface area contributed by atoms with Crippen molar-refractivity contribution in [3.8, 4) is 0 Å². The molecule has 3 amide bonds. The number of sulfonamides is 1. The van der Waals surface area contributed by atoms with Crippen molar-refractivity contribution >= 4 is 54.4 Å². The van der Waals surface area contributed by atoms with Gasteiger partial charge in [0.2, 0.25) is 15.9 Å². The van der Waals surface area contributed by atoms with E-state index in [4.69, 9.17) is 0 Å². The molecular formula is C26H30N4O5S2. The minimum absolute atomic E-state index is 0.148. The van der Waals surface area contributed by atoms with Crippen molar-refractivity contribution in [3.63, 3.8) is 0 Å². The van der Waals surface area contributed by atoms with Crippen molar-refractivity contribution in [3.05, 3.63) is 53.6 Å². The van der Waals surface area contributed by atoms with E-state index in [2.05, 4.69) is 10.3 Å². The van der Waals surface area contributed by atoms with Crippen LogP contribution in [0.1, 0.15) is 62.3 Å². The smallest absolute Gasteiger partial charge is 0.262 e. The van der Waals surface area contributed by atoms with Crippen molar-refractivity contribution in [1.82, 2.24) is 14.2 Å². The minimum Gasteiger partial charge on any atom is -0.300 e. The van der Waals surface area contributed by atoms with Gasteiger partial charge in [0, 0.05) is 12.1 Å². The van der Waals surface area contributed by atoms with E-state index >= 15 is 0 Å². The molecule has 0 saturated carbocycles. The molecule has 0 saturated heterocycles. The summed E-state index contributed by atoms with van der Waals surface area (Å²) in [5.74, 6) is -1.91. The molecule has 3 aromatic rings. The first kappa shape index (κ1) is 26.9. The van der Waals surface area contributed by atoms with Crippen molar-refractivity contribution in [2.24, 2.45) is 5.92 Å². The van der Waals surface area contributed by atoms with Crippen molar-refractivity contribution in [1.29, 1.82) is 0 Å². The van der Waals surface area contributed by atoms with Crippen molar-refractivity contribution in [2.45, 2.75) is 64.6 Å². The molecule has 196 valence electrons. The first-order valence-corrected chi connectivity index (χ1v) is 14.3. The molecular weight excluding hydrogens is 512 g/mol. The van der Waals surface area contributed by atoms with Crippen LogP contribution in [0.15, 0.2) is 47.4 Å². The van der Waals surface area contributed by atoms with Gasteiger partial charge in [0.05, 0.1) is 26.2 Å². The summed E-state index contributed by atoms with van der Waals surface area (Å²) in [5.41, 5.74) is 1.08. The Hall–Kier alpha value is -3.15. The molecule has 0 aliphatic carbocycles. The molecule has 1 unspecified atom stereocenters. The largest absolute Gasteiger partial charge is 0.300 e. The SMILES string of the molecule is CC(C)C(C(=O)Nc1nc2ccc(S(=O)(=O)N(C(C)C)C(C)C)cc2s1)N1C(=O)c2ccccc2C1=O. The van der Waals surface area contributed by atoms with E-state index in [0.29, 0.717) is 10.2 Å². The normalized spacial score (nSPS) is 14.9. The Morgan fingerprint density at radius 1 is 0.946 bits per heavy atom. The summed E-state index contributed by atoms with van der Waals surface area (Å²) in [6, 6.07) is 9.70. The number of nitrogens with zero attached hydrogens (tertiary/aromatic N) is 3. The maximum Gasteiger partial charge on any atom is 0.262 e. The number of hydrogen-bond acceptors (Lipinski definition) is 7. The number of imide groups is 1. The number of hydrogen-bond donors (Lipinski definition) is 1. The summed E-state index contributed by atoms with van der Waals surface area (Å²) in [5, 5.41) is 2.99. The minimum atomic E-state index is -3.74. The molecule has 9 nitrogen and oxygen atoms in total. The number of rotatable bonds is 8. The zero-order chi connectivity index (χ0) is 27.2. The predicted octanol–water partition coefficient (Wildman–Crippen LogP) is 4.36. The second kappa shape index (κ2) is 9.96. The summed E-state index contributed by atoms with van der Waals surface area (Å²) in [7, 11) is -3.74. The van der Waals surface area contributed by atoms with E-state index in [9.17, 15) is 22.8 Å². The highest BCUT2D eigenvalue weighted by Crippen LogP contribution is 2.32. The van der Waals surface area contributed by atoms with Crippen LogP contribution in [0.25, 0.3) is 10.2 Å². The summed E-state index contributed by atoms with van der Waals surface area (Å²) >= 11 is 1.13. The molecule has 1 N–H and O–H groups in total. The molecule has 37 heavy (non-hydrogen) atoms. The first-order valence-electron chi connectivity index (χ1n) is 12.1. The number of carbonyl (C=O) groups excluding carboxylic acids is 3. The van der Waals surface area contributed by atoms with E-state index in [1.165, 1.54) is 10.4 Å². The lowest BCUT2D eigenvalue weighted by molar-refractivity contribution is -0.121. The number of amides is 3. The molecule has 1 aromatic heterocycles. The van der Waals surface area contributed by atoms with Gasteiger partial charge in [0.1, 0.15) is 6.04 Å². The van der Waals surface area contributed by atoms with E-state index in [1.54, 1.807) is 50.2 Å². The number of benzene rings is 2. The zero-order valence-electron chi connectivity index (χ0n) is 21.6. The Bertz CT molecular complexity index is 1450. The highest BCUT2D eigenvalue weighted by Gasteiger charge is 2.44. The van der Waals surface area contributed by atoms with Gasteiger partial charge in [-0.25, -0.2) is 13.4 Å². The molecule has 1 aliphatic rings. The van der Waals surface area contributed by atoms with Crippen LogP contribution >= 0.6 is 11.3 Å². The van der Waals surface area contributed by atoms with Crippen LogP contribution in [-0.2, 0) is 14.8 Å². The lowest BCUT2D eigenvalue weighted by Crippen LogP contribution is -2.50. The van der Waals surface area contributed by atoms with Crippen LogP contribution < -0.4 is 5.32 Å². The van der Waals surface area contributed by atoms with Gasteiger partial charge in [-0.3, -0.25) is 19.3 Å². The van der Waals surface area contributed by atoms with Crippen LogP contribution in [0.2, 0.25) is 0 Å². The zero-order valence-corrected chi connectivity index (χ0v) is 23.2. The standard InChI is InChI=1S/C26H30N4O5S2/c1-14(2)22(29-24(32)18-9-7-8-10-19(18)25(29)33)23(31)28-26-27-20-12-11-17(13-21(20)36-26)37(34,35)30(15(3)4)16(5)6/h7-16,22H,1-6H3,(H,27,28,31). The van der Waals surface area contributed by atoms with Crippen LogP contribution in [-0.4, -0.2) is 58.5 Å². The van der Waals surface area contributed by atoms with E-state index in [0.717, 1.165) is 16.2 Å². The molecule has 0 radical (unpaired) electrons. The second-order valence-corrected chi connectivity index (χ2v) is 12.7. The first-order chi connectivity index (χ1) is 17.3. The molecule has 1 atom stereocenters. The van der Waals surface area contributed by atoms with Crippen LogP contribution in [0.3, 0.4) is 0 Å². The predicted molar refractivity (Wildman–Crippen MR) is 143 cm³/mol. The van der Waals surface area contributed by atoms with Crippen molar-refractivity contribution in [2.75, 3.05) is 5.32 Å². The average Bonchev–Trinajstić information content (AvgIpc) is 3.31. The van der Waals surface area contributed by atoms with Gasteiger partial charge in [-0.05, 0) is 63.9 Å². The Balaban J connectivity index is 1.62. The van der Waals surface area contributed by atoms with Crippen molar-refractivity contribution < 1.29 is 22.8 Å². The average molecular weight is 543 g/mol. The lowest BCUT2D eigenvalue weighted by Gasteiger charge is -2.29. The number of carbonyl (C=O) groups is 3. The summed E-state index contributed by atoms with van der Waals surface area (Å²) in [6.07, 6.45) is 0. The second-order valence-electron chi connectivity index (χ2n) is 9.87. The van der Waals surface area contributed by atoms with E-state index in [-0.39, 0.29) is 39.2 Å². The summed E-state index contributed by atoms with van der Waals surface area (Å²) in [4.78, 5) is 44.9. The topological polar surface area (TPSA) is 117 Å². The molecule has 1 aliphatic heterocycles. The van der Waals surface area contributed by atoms with Crippen LogP contribution in [0, 0.1) is 5.92 Å². The van der Waals surface area contributed by atoms with E-state index in [1.807, 2.05) is 27.7 Å². The molecule has 0 fully saturated rings. The van der Waals surface area contributed by atoms with Gasteiger partial charge in [0.15, 0.2) is 5.13 Å². The number of fused-ring (bicyclic) bond motifs is 2. The molecule has 2 heterocycles. The maximum absolute atomic E-state index is 13.3. The molecule has 2 aromatic carbocycles. The Kier molecular flexibility index (Phi) is 7.24. The summed E-state index contributed by atoms with van der Waals surface area (Å²) < 4.78 is 28.6. The fourth-order valence-electron chi connectivity index (χ4n) is 4.75. The van der Waals surface area contributed by atoms with Gasteiger partial charge < -0.3 is 5.32 Å². The number of aromatic nitrogens is 1. The Morgan fingerprint density at radius 3 is 2.03 bits per heavy atom. The fraction of sp³-hybridized carbons (Fsp3) is 0.385. The Morgan fingerprint density at radius 2 is 1.51 bits per heavy atom. The van der Waals surface area contributed by atoms with Gasteiger partial charge >= 0.3 is 0 Å². The maximum atomic E-state index is 13.3. The molecule has 4 rings (SSSR count). The van der Waals surface area contributed by atoms with Gasteiger partial charge in [0.25, 0.3) is 11.8 Å². The molecule has 0 bridgehead atoms. The third-order valence-corrected chi connectivity index (χ3v) is 9.37. The quantitative estimate of drug-likeness (QED) is 0.423. The highest BCUT2D eigenvalue weighted by atomic mass is 32.2. The van der Waals surface area contributed by atoms with E-state index < -0.39 is 33.8 Å². The fourth-order valence-corrected chi connectivity index (χ4v) is 7.59. The third-order valence-electron chi connectivity index (χ3n) is 6.19. The monoisotopic (exact) mass is 542 g/mol. The van der Waals surface area contributed by atoms with Crippen LogP contribution in [0.5, 0.6) is 0 Å². The van der Waals surface area contributed by atoms with Crippen LogP contribution in [0.4, 0.5) is 5.13 Å². The number of thiazole rings is 1. The number of nitrogens with one attached hydrogen (secondary N) is 1.